The molecule has 2 atom stereocenters. The molecule has 0 bridgehead atoms. The van der Waals surface area contributed by atoms with Gasteiger partial charge in [0, 0.05) is 6.07 Å². The van der Waals surface area contributed by atoms with Crippen LogP contribution >= 0.6 is 0 Å². The van der Waals surface area contributed by atoms with Crippen molar-refractivity contribution < 1.29 is 9.47 Å². The van der Waals surface area contributed by atoms with Gasteiger partial charge in [-0.15, -0.1) is 0 Å². The first-order valence-corrected chi connectivity index (χ1v) is 7.41. The van der Waals surface area contributed by atoms with Crippen LogP contribution in [0.5, 0.6) is 11.5 Å². The average molecular weight is 276 g/mol. The molecule has 0 fully saturated rings. The predicted molar refractivity (Wildman–Crippen MR) is 86.3 cm³/mol. The molecule has 20 heavy (non-hydrogen) atoms. The lowest BCUT2D eigenvalue weighted by molar-refractivity contribution is 0.271. The van der Waals surface area contributed by atoms with Crippen molar-refractivity contribution >= 4 is 12.9 Å². The van der Waals surface area contributed by atoms with Crippen molar-refractivity contribution in [1.29, 1.82) is 0 Å². The summed E-state index contributed by atoms with van der Waals surface area (Å²) in [5.41, 5.74) is 1.11. The third kappa shape index (κ3) is 4.45. The van der Waals surface area contributed by atoms with Gasteiger partial charge >= 0.3 is 0 Å². The first kappa shape index (κ1) is 16.9. The van der Waals surface area contributed by atoms with E-state index in [-0.39, 0.29) is 0 Å². The largest absolute Gasteiger partial charge is 0.497 e. The zero-order chi connectivity index (χ0) is 15.1. The van der Waals surface area contributed by atoms with Gasteiger partial charge in [-0.25, -0.2) is 0 Å². The Hall–Kier alpha value is -1.16. The van der Waals surface area contributed by atoms with E-state index in [0.29, 0.717) is 12.1 Å². The molecule has 4 heteroatoms. The van der Waals surface area contributed by atoms with Crippen LogP contribution in [0, 0.1) is 0 Å². The van der Waals surface area contributed by atoms with Gasteiger partial charge in [-0.1, -0.05) is 33.2 Å². The fraction of sp³-hybridized carbons (Fsp3) is 0.625. The number of hydrogen-bond acceptors (Lipinski definition) is 3. The highest BCUT2D eigenvalue weighted by molar-refractivity contribution is 6.51. The molecule has 0 aliphatic rings. The van der Waals surface area contributed by atoms with E-state index < -0.39 is 0 Å². The third-order valence-corrected chi connectivity index (χ3v) is 3.87. The summed E-state index contributed by atoms with van der Waals surface area (Å²) in [6.45, 7) is 8.97. The van der Waals surface area contributed by atoms with Crippen LogP contribution in [0.15, 0.2) is 18.2 Å². The smallest absolute Gasteiger partial charge is 0.248 e. The van der Waals surface area contributed by atoms with Crippen LogP contribution in [0.2, 0.25) is 0 Å². The molecule has 0 heterocycles. The van der Waals surface area contributed by atoms with E-state index in [4.69, 9.17) is 9.47 Å². The molecule has 0 saturated carbocycles. The summed E-state index contributed by atoms with van der Waals surface area (Å²) in [5.74, 6) is 1.65. The maximum absolute atomic E-state index is 5.33. The maximum Gasteiger partial charge on any atom is 0.248 e. The lowest BCUT2D eigenvalue weighted by Gasteiger charge is -2.33. The number of methoxy groups -OCH3 is 2. The average Bonchev–Trinajstić information content (AvgIpc) is 2.50. The van der Waals surface area contributed by atoms with E-state index in [0.717, 1.165) is 29.8 Å². The zero-order valence-corrected chi connectivity index (χ0v) is 13.6. The molecular weight excluding hydrogens is 249 g/mol. The normalized spacial score (nSPS) is 13.9. The van der Waals surface area contributed by atoms with E-state index in [1.54, 1.807) is 14.2 Å². The van der Waals surface area contributed by atoms with Gasteiger partial charge in [0.15, 0.2) is 0 Å². The quantitative estimate of drug-likeness (QED) is 0.681. The van der Waals surface area contributed by atoms with E-state index in [1.807, 2.05) is 18.2 Å². The second kappa shape index (κ2) is 8.20. The van der Waals surface area contributed by atoms with E-state index in [9.17, 15) is 0 Å². The number of rotatable bonds is 8. The summed E-state index contributed by atoms with van der Waals surface area (Å²) < 4.78 is 10.7. The highest BCUT2D eigenvalue weighted by Gasteiger charge is 2.19. The number of nitrogens with zero attached hydrogens (tertiary/aromatic N) is 1. The molecule has 0 N–H and O–H groups in total. The van der Waals surface area contributed by atoms with Crippen molar-refractivity contribution in [2.45, 2.75) is 52.6 Å². The van der Waals surface area contributed by atoms with Crippen molar-refractivity contribution in [1.82, 2.24) is 4.81 Å². The van der Waals surface area contributed by atoms with Crippen LogP contribution < -0.4 is 14.9 Å². The van der Waals surface area contributed by atoms with Crippen LogP contribution in [0.1, 0.15) is 40.5 Å². The minimum Gasteiger partial charge on any atom is -0.497 e. The Kier molecular flexibility index (Phi) is 6.93. The molecule has 0 aliphatic heterocycles. The molecular formula is C16H27BNO2. The Morgan fingerprint density at radius 1 is 0.950 bits per heavy atom. The summed E-state index contributed by atoms with van der Waals surface area (Å²) in [6, 6.07) is 7.01. The van der Waals surface area contributed by atoms with E-state index >= 15 is 0 Å². The molecule has 0 aromatic heterocycles. The van der Waals surface area contributed by atoms with E-state index in [2.05, 4.69) is 39.9 Å². The van der Waals surface area contributed by atoms with Gasteiger partial charge < -0.3 is 14.3 Å². The lowest BCUT2D eigenvalue weighted by Crippen LogP contribution is -2.47. The van der Waals surface area contributed by atoms with Crippen molar-refractivity contribution in [2.75, 3.05) is 14.2 Å². The topological polar surface area (TPSA) is 21.7 Å². The highest BCUT2D eigenvalue weighted by atomic mass is 16.5. The van der Waals surface area contributed by atoms with Crippen LogP contribution in [0.4, 0.5) is 0 Å². The van der Waals surface area contributed by atoms with Gasteiger partial charge in [0.2, 0.25) is 7.41 Å². The Morgan fingerprint density at radius 2 is 1.40 bits per heavy atom. The van der Waals surface area contributed by atoms with Gasteiger partial charge in [0.25, 0.3) is 0 Å². The van der Waals surface area contributed by atoms with Crippen LogP contribution in [0.3, 0.4) is 0 Å². The predicted octanol–water partition coefficient (Wildman–Crippen LogP) is 2.85. The highest BCUT2D eigenvalue weighted by Crippen LogP contribution is 2.18. The molecule has 1 radical (unpaired) electrons. The molecule has 1 aromatic rings. The minimum absolute atomic E-state index is 0.516. The molecule has 0 amide bonds. The summed E-state index contributed by atoms with van der Waals surface area (Å²) in [7, 11) is 5.58. The van der Waals surface area contributed by atoms with Gasteiger partial charge in [0.1, 0.15) is 11.5 Å². The Balaban J connectivity index is 2.97. The standard InChI is InChI=1S/C16H27BNO2/c1-7-12(3)18(13(4)8-2)17-14-9-15(19-5)11-16(10-14)20-6/h9-13H,7-8H2,1-6H3. The molecule has 3 nitrogen and oxygen atoms in total. The summed E-state index contributed by atoms with van der Waals surface area (Å²) in [6.07, 6.45) is 2.25. The first-order chi connectivity index (χ1) is 9.55. The summed E-state index contributed by atoms with van der Waals surface area (Å²) in [5, 5.41) is 0. The van der Waals surface area contributed by atoms with Crippen molar-refractivity contribution in [3.63, 3.8) is 0 Å². The van der Waals surface area contributed by atoms with Gasteiger partial charge in [0.05, 0.1) is 14.2 Å². The Morgan fingerprint density at radius 3 is 1.75 bits per heavy atom. The Bertz CT molecular complexity index is 379. The molecule has 0 aliphatic carbocycles. The van der Waals surface area contributed by atoms with Crippen molar-refractivity contribution in [2.24, 2.45) is 0 Å². The number of ether oxygens (including phenoxy) is 2. The number of hydrogen-bond donors (Lipinski definition) is 0. The van der Waals surface area contributed by atoms with Gasteiger partial charge in [-0.3, -0.25) is 0 Å². The second-order valence-corrected chi connectivity index (χ2v) is 5.24. The first-order valence-electron chi connectivity index (χ1n) is 7.41. The molecule has 0 spiro atoms. The molecule has 111 valence electrons. The summed E-state index contributed by atoms with van der Waals surface area (Å²) in [4.78, 5) is 2.42. The van der Waals surface area contributed by atoms with Gasteiger partial charge in [-0.2, -0.15) is 0 Å². The fourth-order valence-corrected chi connectivity index (χ4v) is 2.19. The van der Waals surface area contributed by atoms with Crippen molar-refractivity contribution in [3.05, 3.63) is 18.2 Å². The van der Waals surface area contributed by atoms with E-state index in [1.165, 1.54) is 0 Å². The molecule has 2 unspecified atom stereocenters. The van der Waals surface area contributed by atoms with Gasteiger partial charge in [-0.05, 0) is 37.1 Å². The summed E-state index contributed by atoms with van der Waals surface area (Å²) >= 11 is 0. The molecule has 0 saturated heterocycles. The SMILES string of the molecule is CCC(C)N([B]c1cc(OC)cc(OC)c1)C(C)CC. The number of benzene rings is 1. The lowest BCUT2D eigenvalue weighted by atomic mass is 9.77. The zero-order valence-electron chi connectivity index (χ0n) is 13.6. The fourth-order valence-electron chi connectivity index (χ4n) is 2.19. The van der Waals surface area contributed by atoms with Crippen LogP contribution in [0.25, 0.3) is 0 Å². The second-order valence-electron chi connectivity index (χ2n) is 5.24. The third-order valence-electron chi connectivity index (χ3n) is 3.87. The minimum atomic E-state index is 0.516. The van der Waals surface area contributed by atoms with Crippen LogP contribution in [-0.2, 0) is 0 Å². The Labute approximate surface area is 124 Å². The molecule has 1 aromatic carbocycles. The van der Waals surface area contributed by atoms with Crippen molar-refractivity contribution in [3.8, 4) is 11.5 Å². The van der Waals surface area contributed by atoms with Crippen LogP contribution in [-0.4, -0.2) is 38.5 Å². The monoisotopic (exact) mass is 276 g/mol. The maximum atomic E-state index is 5.33. The molecule has 1 rings (SSSR count).